The van der Waals surface area contributed by atoms with E-state index in [1.165, 1.54) is 9.80 Å². The predicted octanol–water partition coefficient (Wildman–Crippen LogP) is -0.248. The van der Waals surface area contributed by atoms with Gasteiger partial charge in [-0.1, -0.05) is 0 Å². The molecular weight excluding hydrogens is 290 g/mol. The van der Waals surface area contributed by atoms with Gasteiger partial charge in [0.05, 0.1) is 46.6 Å². The maximum atomic E-state index is 10.7. The Hall–Kier alpha value is -2.11. The van der Waals surface area contributed by atoms with E-state index in [1.807, 2.05) is 30.3 Å². The average Bonchev–Trinajstić information content (AvgIpc) is 2.49. The molecule has 0 atom stereocenters. The zero-order valence-electron chi connectivity index (χ0n) is 14.6. The number of hydrogen-bond acceptors (Lipinski definition) is 3. The quantitative estimate of drug-likeness (QED) is 0.689. The van der Waals surface area contributed by atoms with Gasteiger partial charge in [-0.15, -0.1) is 0 Å². The number of quaternary nitrogens is 2. The van der Waals surface area contributed by atoms with E-state index in [2.05, 4.69) is 33.2 Å². The minimum atomic E-state index is 0.272. The van der Waals surface area contributed by atoms with Crippen molar-refractivity contribution in [3.8, 4) is 22.8 Å². The number of rotatable bonds is 6. The van der Waals surface area contributed by atoms with Gasteiger partial charge in [0.15, 0.2) is 5.75 Å². The molecule has 1 aromatic heterocycles. The standard InChI is InChI=1S/C18H25N3O2/c1-20(2)11-14-10-15(12-21(3)4)19-17(18(14)22)13-6-8-16(23-5)9-7-13/h6-10,22H,11-12H2,1-5H3/p+2. The van der Waals surface area contributed by atoms with Crippen molar-refractivity contribution in [3.05, 3.63) is 41.6 Å². The van der Waals surface area contributed by atoms with E-state index in [-0.39, 0.29) is 5.75 Å². The molecule has 23 heavy (non-hydrogen) atoms. The number of benzene rings is 1. The third-order valence-electron chi connectivity index (χ3n) is 3.57. The third-order valence-corrected chi connectivity index (χ3v) is 3.57. The fourth-order valence-corrected chi connectivity index (χ4v) is 2.57. The van der Waals surface area contributed by atoms with E-state index >= 15 is 0 Å². The molecule has 0 aliphatic carbocycles. The lowest BCUT2D eigenvalue weighted by atomic mass is 10.1. The topological polar surface area (TPSA) is 51.2 Å². The molecule has 0 saturated carbocycles. The van der Waals surface area contributed by atoms with Crippen molar-refractivity contribution in [3.63, 3.8) is 0 Å². The Bertz CT molecular complexity index is 652. The largest absolute Gasteiger partial charge is 0.505 e. The number of aromatic hydroxyl groups is 1. The molecule has 1 heterocycles. The summed E-state index contributed by atoms with van der Waals surface area (Å²) in [4.78, 5) is 7.24. The molecule has 0 radical (unpaired) electrons. The number of aromatic nitrogens is 1. The van der Waals surface area contributed by atoms with E-state index in [0.29, 0.717) is 5.69 Å². The van der Waals surface area contributed by atoms with Crippen molar-refractivity contribution in [1.82, 2.24) is 4.98 Å². The first kappa shape index (κ1) is 17.2. The van der Waals surface area contributed by atoms with E-state index in [0.717, 1.165) is 35.7 Å². The Balaban J connectivity index is 2.50. The second-order valence-electron chi connectivity index (χ2n) is 6.47. The Morgan fingerprint density at radius 2 is 1.61 bits per heavy atom. The number of hydrogen-bond donors (Lipinski definition) is 3. The summed E-state index contributed by atoms with van der Waals surface area (Å²) in [7, 11) is 9.98. The smallest absolute Gasteiger partial charge is 0.150 e. The molecule has 0 spiro atoms. The Morgan fingerprint density at radius 3 is 2.13 bits per heavy atom. The number of nitrogens with one attached hydrogen (secondary N) is 2. The lowest BCUT2D eigenvalue weighted by Crippen LogP contribution is -3.04. The molecule has 2 rings (SSSR count). The van der Waals surface area contributed by atoms with Crippen LogP contribution in [0.2, 0.25) is 0 Å². The van der Waals surface area contributed by atoms with E-state index in [1.54, 1.807) is 7.11 Å². The van der Waals surface area contributed by atoms with E-state index in [4.69, 9.17) is 4.74 Å². The van der Waals surface area contributed by atoms with Gasteiger partial charge < -0.3 is 19.6 Å². The van der Waals surface area contributed by atoms with Gasteiger partial charge in [0, 0.05) is 5.56 Å². The van der Waals surface area contributed by atoms with Gasteiger partial charge in [-0.3, -0.25) is 0 Å². The Morgan fingerprint density at radius 1 is 1.00 bits per heavy atom. The first-order valence-corrected chi connectivity index (χ1v) is 7.85. The van der Waals surface area contributed by atoms with Gasteiger partial charge in [-0.25, -0.2) is 4.98 Å². The van der Waals surface area contributed by atoms with Crippen molar-refractivity contribution in [2.24, 2.45) is 0 Å². The van der Waals surface area contributed by atoms with Crippen LogP contribution >= 0.6 is 0 Å². The van der Waals surface area contributed by atoms with E-state index < -0.39 is 0 Å². The molecule has 0 unspecified atom stereocenters. The molecule has 3 N–H and O–H groups in total. The normalized spacial score (nSPS) is 11.3. The minimum absolute atomic E-state index is 0.272. The third kappa shape index (κ3) is 4.43. The molecule has 0 aliphatic rings. The molecule has 1 aromatic carbocycles. The van der Waals surface area contributed by atoms with Crippen molar-refractivity contribution in [1.29, 1.82) is 0 Å². The molecular formula is C18H27N3O2+2. The van der Waals surface area contributed by atoms with Crippen LogP contribution < -0.4 is 14.5 Å². The molecule has 124 valence electrons. The maximum absolute atomic E-state index is 10.7. The number of pyridine rings is 1. The highest BCUT2D eigenvalue weighted by Gasteiger charge is 2.17. The highest BCUT2D eigenvalue weighted by Crippen LogP contribution is 2.31. The van der Waals surface area contributed by atoms with Gasteiger partial charge >= 0.3 is 0 Å². The highest BCUT2D eigenvalue weighted by atomic mass is 16.5. The van der Waals surface area contributed by atoms with Crippen LogP contribution in [-0.2, 0) is 13.1 Å². The summed E-state index contributed by atoms with van der Waals surface area (Å²) in [6, 6.07) is 9.65. The lowest BCUT2D eigenvalue weighted by Gasteiger charge is -2.15. The summed E-state index contributed by atoms with van der Waals surface area (Å²) in [6.45, 7) is 1.58. The van der Waals surface area contributed by atoms with Gasteiger partial charge in [0.1, 0.15) is 24.5 Å². The van der Waals surface area contributed by atoms with Gasteiger partial charge in [-0.05, 0) is 30.3 Å². The van der Waals surface area contributed by atoms with Crippen LogP contribution in [0.3, 0.4) is 0 Å². The SMILES string of the molecule is COc1ccc(-c2nc(C[NH+](C)C)cc(C[NH+](C)C)c2O)cc1. The molecule has 0 saturated heterocycles. The average molecular weight is 317 g/mol. The first-order chi connectivity index (χ1) is 10.9. The molecule has 2 aromatic rings. The molecule has 0 amide bonds. The van der Waals surface area contributed by atoms with Crippen LogP contribution in [0.15, 0.2) is 30.3 Å². The molecule has 5 nitrogen and oxygen atoms in total. The number of nitrogens with zero attached hydrogens (tertiary/aromatic N) is 1. The van der Waals surface area contributed by atoms with Crippen LogP contribution in [-0.4, -0.2) is 45.4 Å². The molecule has 0 bridgehead atoms. The summed E-state index contributed by atoms with van der Waals surface area (Å²) in [5.74, 6) is 1.06. The van der Waals surface area contributed by atoms with Crippen LogP contribution in [0.25, 0.3) is 11.3 Å². The molecule has 0 aliphatic heterocycles. The summed E-state index contributed by atoms with van der Waals surface area (Å²) in [5.41, 5.74) is 3.46. The van der Waals surface area contributed by atoms with Crippen LogP contribution in [0.1, 0.15) is 11.3 Å². The van der Waals surface area contributed by atoms with Gasteiger partial charge in [0.25, 0.3) is 0 Å². The Labute approximate surface area is 138 Å². The lowest BCUT2D eigenvalue weighted by molar-refractivity contribution is -0.873. The van der Waals surface area contributed by atoms with Crippen molar-refractivity contribution in [2.75, 3.05) is 35.3 Å². The maximum Gasteiger partial charge on any atom is 0.150 e. The van der Waals surface area contributed by atoms with Crippen molar-refractivity contribution < 1.29 is 19.6 Å². The Kier molecular flexibility index (Phi) is 5.58. The minimum Gasteiger partial charge on any atom is -0.505 e. The van der Waals surface area contributed by atoms with Crippen LogP contribution in [0.5, 0.6) is 11.5 Å². The fraction of sp³-hybridized carbons (Fsp3) is 0.389. The zero-order valence-corrected chi connectivity index (χ0v) is 14.6. The highest BCUT2D eigenvalue weighted by molar-refractivity contribution is 5.68. The zero-order chi connectivity index (χ0) is 17.0. The van der Waals surface area contributed by atoms with Gasteiger partial charge in [-0.2, -0.15) is 0 Å². The fourth-order valence-electron chi connectivity index (χ4n) is 2.57. The van der Waals surface area contributed by atoms with Crippen LogP contribution in [0, 0.1) is 0 Å². The van der Waals surface area contributed by atoms with Gasteiger partial charge in [0.2, 0.25) is 0 Å². The van der Waals surface area contributed by atoms with Crippen molar-refractivity contribution in [2.45, 2.75) is 13.1 Å². The number of ether oxygens (including phenoxy) is 1. The summed E-state index contributed by atoms with van der Waals surface area (Å²) < 4.78 is 5.20. The second kappa shape index (κ2) is 7.44. The molecule has 0 fully saturated rings. The van der Waals surface area contributed by atoms with E-state index in [9.17, 15) is 5.11 Å². The summed E-state index contributed by atoms with van der Waals surface area (Å²) in [5, 5.41) is 10.7. The first-order valence-electron chi connectivity index (χ1n) is 7.85. The van der Waals surface area contributed by atoms with Crippen LogP contribution in [0.4, 0.5) is 0 Å². The predicted molar refractivity (Wildman–Crippen MR) is 90.9 cm³/mol. The number of methoxy groups -OCH3 is 1. The molecule has 5 heteroatoms. The summed E-state index contributed by atoms with van der Waals surface area (Å²) in [6.07, 6.45) is 0. The summed E-state index contributed by atoms with van der Waals surface area (Å²) >= 11 is 0. The second-order valence-corrected chi connectivity index (χ2v) is 6.47. The monoisotopic (exact) mass is 317 g/mol. The van der Waals surface area contributed by atoms with Crippen molar-refractivity contribution >= 4 is 0 Å².